The van der Waals surface area contributed by atoms with Crippen molar-refractivity contribution in [2.24, 2.45) is 5.10 Å². The first-order chi connectivity index (χ1) is 14.6. The molecule has 0 spiro atoms. The van der Waals surface area contributed by atoms with E-state index in [1.165, 1.54) is 6.21 Å². The highest BCUT2D eigenvalue weighted by Gasteiger charge is 2.47. The molecule has 30 heavy (non-hydrogen) atoms. The van der Waals surface area contributed by atoms with E-state index < -0.39 is 11.5 Å². The maximum absolute atomic E-state index is 13.1. The molecular formula is C25H18N2O3. The monoisotopic (exact) mass is 394 g/mol. The van der Waals surface area contributed by atoms with E-state index in [0.717, 1.165) is 21.9 Å². The number of amides is 1. The number of aromatic hydroxyl groups is 1. The summed E-state index contributed by atoms with van der Waals surface area (Å²) in [5, 5.41) is 27.5. The fraction of sp³-hybridized carbons (Fsp3) is 0.0400. The fourth-order valence-corrected chi connectivity index (χ4v) is 4.11. The van der Waals surface area contributed by atoms with Gasteiger partial charge in [0.1, 0.15) is 5.75 Å². The van der Waals surface area contributed by atoms with Crippen LogP contribution < -0.4 is 5.43 Å². The normalized spacial score (nSPS) is 13.9. The number of hydrogen-bond donors (Lipinski definition) is 3. The van der Waals surface area contributed by atoms with E-state index in [9.17, 15) is 15.0 Å². The molecule has 5 nitrogen and oxygen atoms in total. The number of carbonyl (C=O) groups is 1. The Kier molecular flexibility index (Phi) is 4.12. The molecule has 0 aliphatic heterocycles. The zero-order valence-corrected chi connectivity index (χ0v) is 15.9. The van der Waals surface area contributed by atoms with E-state index >= 15 is 0 Å². The number of hydrazone groups is 1. The highest BCUT2D eigenvalue weighted by atomic mass is 16.3. The third-order valence-electron chi connectivity index (χ3n) is 5.56. The number of phenols is 1. The van der Waals surface area contributed by atoms with Crippen LogP contribution in [0.4, 0.5) is 0 Å². The van der Waals surface area contributed by atoms with Crippen LogP contribution >= 0.6 is 0 Å². The molecule has 4 aromatic carbocycles. The first-order valence-corrected chi connectivity index (χ1v) is 9.56. The minimum absolute atomic E-state index is 0.0574. The van der Waals surface area contributed by atoms with E-state index in [-0.39, 0.29) is 5.75 Å². The Morgan fingerprint density at radius 3 is 2.13 bits per heavy atom. The lowest BCUT2D eigenvalue weighted by Gasteiger charge is -2.23. The average Bonchev–Trinajstić information content (AvgIpc) is 3.05. The Hall–Kier alpha value is -3.96. The lowest BCUT2D eigenvalue weighted by Crippen LogP contribution is -2.42. The van der Waals surface area contributed by atoms with Gasteiger partial charge in [-0.05, 0) is 28.0 Å². The van der Waals surface area contributed by atoms with Gasteiger partial charge >= 0.3 is 0 Å². The molecule has 0 heterocycles. The van der Waals surface area contributed by atoms with Crippen LogP contribution in [0, 0.1) is 0 Å². The molecule has 0 atom stereocenters. The SMILES string of the molecule is O=C(N/N=C\c1c(O)ccc2ccccc12)C1(O)c2ccccc2-c2ccccc21. The molecule has 0 saturated carbocycles. The quantitative estimate of drug-likeness (QED) is 0.364. The number of rotatable bonds is 3. The van der Waals surface area contributed by atoms with Crippen LogP contribution in [0.15, 0.2) is 90.0 Å². The topological polar surface area (TPSA) is 81.9 Å². The summed E-state index contributed by atoms with van der Waals surface area (Å²) in [6, 6.07) is 25.6. The van der Waals surface area contributed by atoms with Crippen LogP contribution in [-0.2, 0) is 10.4 Å². The van der Waals surface area contributed by atoms with Gasteiger partial charge in [0.15, 0.2) is 5.60 Å². The molecule has 4 aromatic rings. The summed E-state index contributed by atoms with van der Waals surface area (Å²) in [4.78, 5) is 13.1. The van der Waals surface area contributed by atoms with Gasteiger partial charge < -0.3 is 10.2 Å². The number of phenolic OH excluding ortho intramolecular Hbond substituents is 1. The second-order valence-corrected chi connectivity index (χ2v) is 7.22. The van der Waals surface area contributed by atoms with E-state index in [1.807, 2.05) is 54.6 Å². The predicted octanol–water partition coefficient (Wildman–Crippen LogP) is 3.91. The molecule has 0 aromatic heterocycles. The van der Waals surface area contributed by atoms with Gasteiger partial charge in [0.05, 0.1) is 6.21 Å². The number of nitrogens with one attached hydrogen (secondary N) is 1. The van der Waals surface area contributed by atoms with E-state index in [2.05, 4.69) is 10.5 Å². The minimum atomic E-state index is -1.84. The zero-order valence-electron chi connectivity index (χ0n) is 15.9. The molecule has 0 fully saturated rings. The Balaban J connectivity index is 1.51. The van der Waals surface area contributed by atoms with Crippen molar-refractivity contribution in [1.82, 2.24) is 5.43 Å². The Labute approximate surface area is 172 Å². The molecule has 146 valence electrons. The van der Waals surface area contributed by atoms with E-state index in [0.29, 0.717) is 16.7 Å². The molecular weight excluding hydrogens is 376 g/mol. The van der Waals surface area contributed by atoms with Crippen LogP contribution in [0.2, 0.25) is 0 Å². The number of nitrogens with zero attached hydrogens (tertiary/aromatic N) is 1. The number of carbonyl (C=O) groups excluding carboxylic acids is 1. The van der Waals surface area contributed by atoms with Crippen molar-refractivity contribution in [3.63, 3.8) is 0 Å². The second-order valence-electron chi connectivity index (χ2n) is 7.22. The molecule has 1 aliphatic carbocycles. The van der Waals surface area contributed by atoms with Crippen LogP contribution in [0.1, 0.15) is 16.7 Å². The van der Waals surface area contributed by atoms with E-state index in [1.54, 1.807) is 30.3 Å². The first kappa shape index (κ1) is 18.1. The summed E-state index contributed by atoms with van der Waals surface area (Å²) in [7, 11) is 0. The van der Waals surface area contributed by atoms with Gasteiger partial charge in [-0.2, -0.15) is 5.10 Å². The molecule has 3 N–H and O–H groups in total. The summed E-state index contributed by atoms with van der Waals surface area (Å²) in [6.45, 7) is 0. The zero-order chi connectivity index (χ0) is 20.7. The minimum Gasteiger partial charge on any atom is -0.507 e. The third-order valence-corrected chi connectivity index (χ3v) is 5.56. The van der Waals surface area contributed by atoms with Crippen molar-refractivity contribution in [3.8, 4) is 16.9 Å². The summed E-state index contributed by atoms with van der Waals surface area (Å²) in [6.07, 6.45) is 1.39. The Bertz CT molecular complexity index is 1280. The maximum atomic E-state index is 13.1. The van der Waals surface area contributed by atoms with Crippen molar-refractivity contribution in [2.75, 3.05) is 0 Å². The predicted molar refractivity (Wildman–Crippen MR) is 116 cm³/mol. The van der Waals surface area contributed by atoms with Crippen LogP contribution in [-0.4, -0.2) is 22.3 Å². The van der Waals surface area contributed by atoms with Crippen molar-refractivity contribution in [3.05, 3.63) is 102 Å². The number of hydrogen-bond acceptors (Lipinski definition) is 4. The van der Waals surface area contributed by atoms with Crippen LogP contribution in [0.25, 0.3) is 21.9 Å². The molecule has 1 amide bonds. The standard InChI is InChI=1S/C25H18N2O3/c28-23-14-13-16-7-1-2-8-17(16)20(23)15-26-27-24(29)25(30)21-11-5-3-9-18(21)19-10-4-6-12-22(19)25/h1-15,28,30H,(H,27,29)/b26-15-. The smallest absolute Gasteiger partial charge is 0.281 e. The van der Waals surface area contributed by atoms with Gasteiger partial charge in [0.25, 0.3) is 5.91 Å². The van der Waals surface area contributed by atoms with Crippen molar-refractivity contribution < 1.29 is 15.0 Å². The molecule has 1 aliphatic rings. The highest BCUT2D eigenvalue weighted by Crippen LogP contribution is 2.47. The maximum Gasteiger partial charge on any atom is 0.281 e. The van der Waals surface area contributed by atoms with Crippen molar-refractivity contribution in [2.45, 2.75) is 5.60 Å². The molecule has 0 unspecified atom stereocenters. The Morgan fingerprint density at radius 1 is 0.833 bits per heavy atom. The first-order valence-electron chi connectivity index (χ1n) is 9.56. The number of aliphatic hydroxyl groups is 1. The summed E-state index contributed by atoms with van der Waals surface area (Å²) >= 11 is 0. The fourth-order valence-electron chi connectivity index (χ4n) is 4.11. The van der Waals surface area contributed by atoms with Crippen LogP contribution in [0.3, 0.4) is 0 Å². The number of fused-ring (bicyclic) bond motifs is 4. The van der Waals surface area contributed by atoms with Gasteiger partial charge in [0, 0.05) is 16.7 Å². The van der Waals surface area contributed by atoms with Crippen molar-refractivity contribution in [1.29, 1.82) is 0 Å². The van der Waals surface area contributed by atoms with Gasteiger partial charge in [-0.1, -0.05) is 78.9 Å². The van der Waals surface area contributed by atoms with Crippen molar-refractivity contribution >= 4 is 22.9 Å². The number of benzene rings is 4. The molecule has 5 rings (SSSR count). The molecule has 0 bridgehead atoms. The van der Waals surface area contributed by atoms with Crippen LogP contribution in [0.5, 0.6) is 5.75 Å². The van der Waals surface area contributed by atoms with E-state index in [4.69, 9.17) is 0 Å². The molecule has 0 radical (unpaired) electrons. The molecule has 0 saturated heterocycles. The lowest BCUT2D eigenvalue weighted by atomic mass is 9.91. The average molecular weight is 394 g/mol. The third kappa shape index (κ3) is 2.60. The van der Waals surface area contributed by atoms with Gasteiger partial charge in [-0.3, -0.25) is 4.79 Å². The van der Waals surface area contributed by atoms with Gasteiger partial charge in [-0.25, -0.2) is 5.43 Å². The second kappa shape index (κ2) is 6.83. The van der Waals surface area contributed by atoms with Gasteiger partial charge in [0.2, 0.25) is 0 Å². The summed E-state index contributed by atoms with van der Waals surface area (Å²) in [5.74, 6) is -0.599. The highest BCUT2D eigenvalue weighted by molar-refractivity contribution is 6.03. The Morgan fingerprint density at radius 2 is 1.43 bits per heavy atom. The summed E-state index contributed by atoms with van der Waals surface area (Å²) in [5.41, 5.74) is 3.79. The summed E-state index contributed by atoms with van der Waals surface area (Å²) < 4.78 is 0. The van der Waals surface area contributed by atoms with Gasteiger partial charge in [-0.15, -0.1) is 0 Å². The largest absolute Gasteiger partial charge is 0.507 e. The molecule has 5 heteroatoms. The lowest BCUT2D eigenvalue weighted by molar-refractivity contribution is -0.136.